The van der Waals surface area contributed by atoms with Crippen molar-refractivity contribution in [1.29, 1.82) is 0 Å². The highest BCUT2D eigenvalue weighted by Crippen LogP contribution is 2.21. The first kappa shape index (κ1) is 14.8. The lowest BCUT2D eigenvalue weighted by Gasteiger charge is -2.17. The molecule has 0 saturated carbocycles. The van der Waals surface area contributed by atoms with Gasteiger partial charge in [0.05, 0.1) is 18.1 Å². The second kappa shape index (κ2) is 6.72. The predicted octanol–water partition coefficient (Wildman–Crippen LogP) is 2.39. The molecule has 1 aromatic carbocycles. The van der Waals surface area contributed by atoms with Gasteiger partial charge in [0.15, 0.2) is 9.84 Å². The van der Waals surface area contributed by atoms with Crippen molar-refractivity contribution in [2.24, 2.45) is 0 Å². The molecule has 1 aromatic heterocycles. The van der Waals surface area contributed by atoms with Crippen LogP contribution in [-0.2, 0) is 9.84 Å². The van der Waals surface area contributed by atoms with E-state index in [2.05, 4.69) is 5.32 Å². The quantitative estimate of drug-likeness (QED) is 0.851. The van der Waals surface area contributed by atoms with Gasteiger partial charge in [-0.2, -0.15) is 0 Å². The zero-order chi connectivity index (χ0) is 14.4. The van der Waals surface area contributed by atoms with Crippen molar-refractivity contribution in [2.75, 3.05) is 18.1 Å². The molecule has 1 heterocycles. The Hall–Kier alpha value is -1.59. The van der Waals surface area contributed by atoms with E-state index in [1.807, 2.05) is 42.5 Å². The Balaban J connectivity index is 2.09. The van der Waals surface area contributed by atoms with Gasteiger partial charge in [-0.1, -0.05) is 37.3 Å². The molecule has 0 fully saturated rings. The van der Waals surface area contributed by atoms with Gasteiger partial charge in [0.25, 0.3) is 0 Å². The Morgan fingerprint density at radius 3 is 2.50 bits per heavy atom. The van der Waals surface area contributed by atoms with Crippen LogP contribution in [0.25, 0.3) is 0 Å². The Morgan fingerprint density at radius 2 is 1.90 bits per heavy atom. The first-order valence-corrected chi connectivity index (χ1v) is 8.46. The van der Waals surface area contributed by atoms with E-state index in [4.69, 9.17) is 4.42 Å². The largest absolute Gasteiger partial charge is 0.467 e. The summed E-state index contributed by atoms with van der Waals surface area (Å²) in [4.78, 5) is 0. The summed E-state index contributed by atoms with van der Waals surface area (Å²) in [6, 6.07) is 13.4. The van der Waals surface area contributed by atoms with E-state index in [0.29, 0.717) is 6.54 Å². The van der Waals surface area contributed by atoms with Gasteiger partial charge in [-0.25, -0.2) is 8.42 Å². The van der Waals surface area contributed by atoms with E-state index < -0.39 is 9.84 Å². The van der Waals surface area contributed by atoms with Crippen molar-refractivity contribution in [2.45, 2.75) is 13.0 Å². The lowest BCUT2D eigenvalue weighted by molar-refractivity contribution is 0.452. The van der Waals surface area contributed by atoms with Crippen LogP contribution in [0.15, 0.2) is 53.1 Å². The van der Waals surface area contributed by atoms with Crippen molar-refractivity contribution in [3.05, 3.63) is 60.1 Å². The fourth-order valence-electron chi connectivity index (χ4n) is 1.99. The second-order valence-electron chi connectivity index (χ2n) is 4.55. The molecule has 1 atom stereocenters. The standard InChI is InChI=1S/C15H19NO3S/c1-2-20(17,18)12-10-16-15(14-9-6-11-19-14)13-7-4-3-5-8-13/h3-9,11,15-16H,2,10,12H2,1H3. The van der Waals surface area contributed by atoms with E-state index in [0.717, 1.165) is 11.3 Å². The van der Waals surface area contributed by atoms with Crippen LogP contribution >= 0.6 is 0 Å². The van der Waals surface area contributed by atoms with Gasteiger partial charge in [-0.3, -0.25) is 0 Å². The number of furan rings is 1. The molecule has 5 heteroatoms. The molecular formula is C15H19NO3S. The number of rotatable bonds is 7. The molecule has 20 heavy (non-hydrogen) atoms. The van der Waals surface area contributed by atoms with Gasteiger partial charge < -0.3 is 9.73 Å². The zero-order valence-electron chi connectivity index (χ0n) is 11.5. The molecule has 0 aliphatic heterocycles. The normalized spacial score (nSPS) is 13.2. The van der Waals surface area contributed by atoms with E-state index in [9.17, 15) is 8.42 Å². The van der Waals surface area contributed by atoms with Gasteiger partial charge in [0.2, 0.25) is 0 Å². The van der Waals surface area contributed by atoms with Gasteiger partial charge in [0.1, 0.15) is 5.76 Å². The third-order valence-electron chi connectivity index (χ3n) is 3.16. The minimum atomic E-state index is -2.96. The Bertz CT molecular complexity index is 606. The maximum absolute atomic E-state index is 11.5. The molecule has 4 nitrogen and oxygen atoms in total. The second-order valence-corrected chi connectivity index (χ2v) is 7.02. The molecule has 2 rings (SSSR count). The van der Waals surface area contributed by atoms with Crippen LogP contribution in [0.3, 0.4) is 0 Å². The molecule has 0 bridgehead atoms. The van der Waals surface area contributed by atoms with E-state index in [1.54, 1.807) is 13.2 Å². The summed E-state index contributed by atoms with van der Waals surface area (Å²) < 4.78 is 28.5. The highest BCUT2D eigenvalue weighted by Gasteiger charge is 2.17. The van der Waals surface area contributed by atoms with Crippen molar-refractivity contribution < 1.29 is 12.8 Å². The zero-order valence-corrected chi connectivity index (χ0v) is 12.3. The van der Waals surface area contributed by atoms with E-state index >= 15 is 0 Å². The maximum atomic E-state index is 11.5. The molecule has 0 saturated heterocycles. The van der Waals surface area contributed by atoms with Crippen LogP contribution in [0.2, 0.25) is 0 Å². The summed E-state index contributed by atoms with van der Waals surface area (Å²) in [6.45, 7) is 2.06. The van der Waals surface area contributed by atoms with E-state index in [1.165, 1.54) is 0 Å². The van der Waals surface area contributed by atoms with Crippen LogP contribution in [-0.4, -0.2) is 26.5 Å². The van der Waals surface area contributed by atoms with Crippen LogP contribution < -0.4 is 5.32 Å². The number of sulfone groups is 1. The lowest BCUT2D eigenvalue weighted by atomic mass is 10.0. The molecule has 0 aliphatic rings. The fourth-order valence-corrected chi connectivity index (χ4v) is 2.70. The van der Waals surface area contributed by atoms with Gasteiger partial charge in [-0.15, -0.1) is 0 Å². The Labute approximate surface area is 119 Å². The molecule has 0 spiro atoms. The van der Waals surface area contributed by atoms with Crippen molar-refractivity contribution in [1.82, 2.24) is 5.32 Å². The summed E-state index contributed by atoms with van der Waals surface area (Å²) >= 11 is 0. The lowest BCUT2D eigenvalue weighted by Crippen LogP contribution is -2.28. The van der Waals surface area contributed by atoms with Gasteiger partial charge >= 0.3 is 0 Å². The van der Waals surface area contributed by atoms with Crippen molar-refractivity contribution >= 4 is 9.84 Å². The fraction of sp³-hybridized carbons (Fsp3) is 0.333. The highest BCUT2D eigenvalue weighted by molar-refractivity contribution is 7.91. The molecule has 2 aromatic rings. The third kappa shape index (κ3) is 3.95. The summed E-state index contributed by atoms with van der Waals surface area (Å²) in [5, 5.41) is 3.26. The summed E-state index contributed by atoms with van der Waals surface area (Å²) in [5.41, 5.74) is 1.05. The molecule has 1 unspecified atom stereocenters. The highest BCUT2D eigenvalue weighted by atomic mass is 32.2. The first-order chi connectivity index (χ1) is 9.62. The smallest absolute Gasteiger partial charge is 0.151 e. The number of nitrogens with one attached hydrogen (secondary N) is 1. The van der Waals surface area contributed by atoms with Crippen LogP contribution in [0, 0.1) is 0 Å². The Kier molecular flexibility index (Phi) is 4.98. The topological polar surface area (TPSA) is 59.3 Å². The minimum Gasteiger partial charge on any atom is -0.467 e. The summed E-state index contributed by atoms with van der Waals surface area (Å²) in [6.07, 6.45) is 1.62. The van der Waals surface area contributed by atoms with Crippen LogP contribution in [0.1, 0.15) is 24.3 Å². The average Bonchev–Trinajstić information content (AvgIpc) is 2.98. The summed E-state index contributed by atoms with van der Waals surface area (Å²) in [5.74, 6) is 1.09. The van der Waals surface area contributed by atoms with E-state index in [-0.39, 0.29) is 17.5 Å². The molecule has 0 radical (unpaired) electrons. The third-order valence-corrected chi connectivity index (χ3v) is 4.87. The van der Waals surface area contributed by atoms with Crippen LogP contribution in [0.4, 0.5) is 0 Å². The molecule has 0 aliphatic carbocycles. The molecule has 108 valence electrons. The van der Waals surface area contributed by atoms with Crippen molar-refractivity contribution in [3.8, 4) is 0 Å². The van der Waals surface area contributed by atoms with Crippen molar-refractivity contribution in [3.63, 3.8) is 0 Å². The monoisotopic (exact) mass is 293 g/mol. The van der Waals surface area contributed by atoms with Gasteiger partial charge in [0, 0.05) is 12.3 Å². The number of hydrogen-bond donors (Lipinski definition) is 1. The number of hydrogen-bond acceptors (Lipinski definition) is 4. The first-order valence-electron chi connectivity index (χ1n) is 6.64. The molecular weight excluding hydrogens is 274 g/mol. The number of benzene rings is 1. The van der Waals surface area contributed by atoms with Crippen LogP contribution in [0.5, 0.6) is 0 Å². The van der Waals surface area contributed by atoms with Gasteiger partial charge in [-0.05, 0) is 17.7 Å². The predicted molar refractivity (Wildman–Crippen MR) is 79.3 cm³/mol. The molecule has 1 N–H and O–H groups in total. The average molecular weight is 293 g/mol. The maximum Gasteiger partial charge on any atom is 0.151 e. The Morgan fingerprint density at radius 1 is 1.15 bits per heavy atom. The summed E-state index contributed by atoms with van der Waals surface area (Å²) in [7, 11) is -2.96. The minimum absolute atomic E-state index is 0.127. The molecule has 0 amide bonds. The SMILES string of the molecule is CCS(=O)(=O)CCNC(c1ccccc1)c1ccco1.